The average Bonchev–Trinajstić information content (AvgIpc) is 2.88. The normalized spacial score (nSPS) is 14.3. The molecule has 1 heterocycles. The number of aliphatic hydroxyl groups is 2. The van der Waals surface area contributed by atoms with Gasteiger partial charge in [-0.05, 0) is 42.8 Å². The van der Waals surface area contributed by atoms with E-state index in [1.165, 1.54) is 0 Å². The minimum Gasteiger partial charge on any atom is -0.395 e. The number of benzene rings is 2. The lowest BCUT2D eigenvalue weighted by Gasteiger charge is -2.19. The number of fused-ring (bicyclic) bond motifs is 3. The Balaban J connectivity index is 1.94. The average molecular weight is 381 g/mol. The van der Waals surface area contributed by atoms with Gasteiger partial charge in [0.1, 0.15) is 0 Å². The Kier molecular flexibility index (Phi) is 5.87. The van der Waals surface area contributed by atoms with Crippen molar-refractivity contribution < 1.29 is 10.2 Å². The molecule has 0 saturated carbocycles. The third-order valence-corrected chi connectivity index (χ3v) is 5.01. The molecule has 0 aliphatic carbocycles. The molecule has 0 aliphatic rings. The van der Waals surface area contributed by atoms with E-state index < -0.39 is 6.10 Å². The first-order valence-electron chi connectivity index (χ1n) is 8.42. The van der Waals surface area contributed by atoms with Crippen LogP contribution >= 0.6 is 23.2 Å². The van der Waals surface area contributed by atoms with Gasteiger partial charge in [-0.1, -0.05) is 30.1 Å². The molecule has 0 bridgehead atoms. The maximum absolute atomic E-state index is 10.5. The SMILES string of the molecule is CC[C@@H](CO)NC[C@H](O)Cn1c2ccc(Cl)cc2c2cc(Cl)ccc21. The number of nitrogens with zero attached hydrogens (tertiary/aromatic N) is 1. The second-order valence-electron chi connectivity index (χ2n) is 6.28. The largest absolute Gasteiger partial charge is 0.395 e. The molecule has 0 aliphatic heterocycles. The molecule has 0 amide bonds. The number of aliphatic hydroxyl groups excluding tert-OH is 2. The number of aromatic nitrogens is 1. The molecule has 0 saturated heterocycles. The Morgan fingerprint density at radius 2 is 1.60 bits per heavy atom. The van der Waals surface area contributed by atoms with E-state index in [1.54, 1.807) is 0 Å². The summed E-state index contributed by atoms with van der Waals surface area (Å²) >= 11 is 12.3. The lowest BCUT2D eigenvalue weighted by atomic mass is 10.1. The molecule has 3 rings (SSSR count). The molecular weight excluding hydrogens is 359 g/mol. The summed E-state index contributed by atoms with van der Waals surface area (Å²) in [5.41, 5.74) is 2.02. The van der Waals surface area contributed by atoms with Gasteiger partial charge in [0.15, 0.2) is 0 Å². The zero-order valence-corrected chi connectivity index (χ0v) is 15.6. The lowest BCUT2D eigenvalue weighted by Crippen LogP contribution is -2.38. The predicted octanol–water partition coefficient (Wildman–Crippen LogP) is 3.82. The van der Waals surface area contributed by atoms with Crippen molar-refractivity contribution in [1.82, 2.24) is 9.88 Å². The molecule has 4 nitrogen and oxygen atoms in total. The van der Waals surface area contributed by atoms with Crippen molar-refractivity contribution in [3.8, 4) is 0 Å². The Labute approximate surface area is 157 Å². The Hall–Kier alpha value is -1.30. The maximum Gasteiger partial charge on any atom is 0.0843 e. The molecule has 0 radical (unpaired) electrons. The van der Waals surface area contributed by atoms with Crippen molar-refractivity contribution in [3.63, 3.8) is 0 Å². The van der Waals surface area contributed by atoms with Crippen LogP contribution in [0.3, 0.4) is 0 Å². The number of rotatable bonds is 7. The lowest BCUT2D eigenvalue weighted by molar-refractivity contribution is 0.141. The summed E-state index contributed by atoms with van der Waals surface area (Å²) < 4.78 is 2.09. The highest BCUT2D eigenvalue weighted by Gasteiger charge is 2.15. The third-order valence-electron chi connectivity index (χ3n) is 4.54. The van der Waals surface area contributed by atoms with Crippen molar-refractivity contribution in [2.24, 2.45) is 0 Å². The minimum absolute atomic E-state index is 0.00501. The standard InChI is InChI=1S/C19H22Cl2N2O2/c1-2-14(11-24)22-9-15(25)10-23-18-5-3-12(20)7-16(18)17-8-13(21)4-6-19(17)23/h3-8,14-15,22,24-25H,2,9-11H2,1H3/t14-,15-/m0/s1. The molecule has 25 heavy (non-hydrogen) atoms. The molecule has 2 atom stereocenters. The van der Waals surface area contributed by atoms with Gasteiger partial charge in [0, 0.05) is 44.4 Å². The molecule has 0 fully saturated rings. The Morgan fingerprint density at radius 3 is 2.08 bits per heavy atom. The van der Waals surface area contributed by atoms with Crippen LogP contribution in [0.1, 0.15) is 13.3 Å². The van der Waals surface area contributed by atoms with Crippen LogP contribution in [0.2, 0.25) is 10.0 Å². The van der Waals surface area contributed by atoms with E-state index in [-0.39, 0.29) is 12.6 Å². The first kappa shape index (κ1) is 18.5. The summed E-state index contributed by atoms with van der Waals surface area (Å²) in [6, 6.07) is 11.5. The van der Waals surface area contributed by atoms with Crippen molar-refractivity contribution in [2.75, 3.05) is 13.2 Å². The zero-order chi connectivity index (χ0) is 18.0. The summed E-state index contributed by atoms with van der Waals surface area (Å²) in [4.78, 5) is 0. The monoisotopic (exact) mass is 380 g/mol. The highest BCUT2D eigenvalue weighted by Crippen LogP contribution is 2.32. The summed E-state index contributed by atoms with van der Waals surface area (Å²) in [5.74, 6) is 0. The number of halogens is 2. The van der Waals surface area contributed by atoms with Crippen LogP contribution in [0.15, 0.2) is 36.4 Å². The van der Waals surface area contributed by atoms with E-state index in [1.807, 2.05) is 43.3 Å². The van der Waals surface area contributed by atoms with Gasteiger partial charge in [-0.2, -0.15) is 0 Å². The van der Waals surface area contributed by atoms with Gasteiger partial charge in [0.05, 0.1) is 19.3 Å². The maximum atomic E-state index is 10.5. The smallest absolute Gasteiger partial charge is 0.0843 e. The highest BCUT2D eigenvalue weighted by molar-refractivity contribution is 6.33. The molecule has 2 aromatic carbocycles. The molecular formula is C19H22Cl2N2O2. The van der Waals surface area contributed by atoms with E-state index in [2.05, 4.69) is 9.88 Å². The second kappa shape index (κ2) is 7.94. The molecule has 1 aromatic heterocycles. The van der Waals surface area contributed by atoms with Crippen molar-refractivity contribution in [1.29, 1.82) is 0 Å². The van der Waals surface area contributed by atoms with Crippen molar-refractivity contribution in [2.45, 2.75) is 32.0 Å². The Bertz CT molecular complexity index is 815. The van der Waals surface area contributed by atoms with Gasteiger partial charge in [-0.25, -0.2) is 0 Å². The van der Waals surface area contributed by atoms with Gasteiger partial charge in [-0.3, -0.25) is 0 Å². The van der Waals surface area contributed by atoms with Gasteiger partial charge in [0.2, 0.25) is 0 Å². The van der Waals surface area contributed by atoms with Gasteiger partial charge in [-0.15, -0.1) is 0 Å². The zero-order valence-electron chi connectivity index (χ0n) is 14.0. The first-order chi connectivity index (χ1) is 12.0. The van der Waals surface area contributed by atoms with E-state index >= 15 is 0 Å². The summed E-state index contributed by atoms with van der Waals surface area (Å²) in [5, 5.41) is 26.3. The molecule has 3 aromatic rings. The van der Waals surface area contributed by atoms with Crippen LogP contribution in [0.4, 0.5) is 0 Å². The second-order valence-corrected chi connectivity index (χ2v) is 7.16. The molecule has 0 unspecified atom stereocenters. The fourth-order valence-electron chi connectivity index (χ4n) is 3.16. The van der Waals surface area contributed by atoms with Crippen LogP contribution in [0.5, 0.6) is 0 Å². The fourth-order valence-corrected chi connectivity index (χ4v) is 3.51. The van der Waals surface area contributed by atoms with Crippen LogP contribution in [-0.4, -0.2) is 40.1 Å². The van der Waals surface area contributed by atoms with E-state index in [0.717, 1.165) is 28.2 Å². The molecule has 3 N–H and O–H groups in total. The fraction of sp³-hybridized carbons (Fsp3) is 0.368. The van der Waals surface area contributed by atoms with Gasteiger partial charge < -0.3 is 20.1 Å². The summed E-state index contributed by atoms with van der Waals surface area (Å²) in [6.07, 6.45) is 0.237. The van der Waals surface area contributed by atoms with Crippen LogP contribution in [0.25, 0.3) is 21.8 Å². The van der Waals surface area contributed by atoms with Crippen LogP contribution in [0, 0.1) is 0 Å². The van der Waals surface area contributed by atoms with Crippen LogP contribution < -0.4 is 5.32 Å². The van der Waals surface area contributed by atoms with E-state index in [0.29, 0.717) is 23.1 Å². The topological polar surface area (TPSA) is 57.4 Å². The number of hydrogen-bond donors (Lipinski definition) is 3. The van der Waals surface area contributed by atoms with Gasteiger partial charge >= 0.3 is 0 Å². The highest BCUT2D eigenvalue weighted by atomic mass is 35.5. The van der Waals surface area contributed by atoms with E-state index in [4.69, 9.17) is 23.2 Å². The van der Waals surface area contributed by atoms with Crippen molar-refractivity contribution >= 4 is 45.0 Å². The van der Waals surface area contributed by atoms with Crippen molar-refractivity contribution in [3.05, 3.63) is 46.4 Å². The molecule has 134 valence electrons. The Morgan fingerprint density at radius 1 is 1.04 bits per heavy atom. The summed E-state index contributed by atoms with van der Waals surface area (Å²) in [7, 11) is 0. The van der Waals surface area contributed by atoms with E-state index in [9.17, 15) is 10.2 Å². The van der Waals surface area contributed by atoms with Gasteiger partial charge in [0.25, 0.3) is 0 Å². The third kappa shape index (κ3) is 3.94. The molecule has 0 spiro atoms. The molecule has 6 heteroatoms. The number of hydrogen-bond acceptors (Lipinski definition) is 3. The minimum atomic E-state index is -0.578. The predicted molar refractivity (Wildman–Crippen MR) is 105 cm³/mol. The van der Waals surface area contributed by atoms with Crippen LogP contribution in [-0.2, 0) is 6.54 Å². The first-order valence-corrected chi connectivity index (χ1v) is 9.18. The quantitative estimate of drug-likeness (QED) is 0.583. The number of nitrogens with one attached hydrogen (secondary N) is 1. The summed E-state index contributed by atoms with van der Waals surface area (Å²) in [6.45, 7) is 2.93.